The maximum absolute atomic E-state index is 12.7. The first-order valence-electron chi connectivity index (χ1n) is 8.10. The van der Waals surface area contributed by atoms with Crippen LogP contribution in [0.5, 0.6) is 11.5 Å². The molecule has 0 spiro atoms. The average Bonchev–Trinajstić information content (AvgIpc) is 2.66. The molecule has 8 heteroatoms. The molecule has 2 aromatic rings. The number of methoxy groups -OCH3 is 2. The van der Waals surface area contributed by atoms with Gasteiger partial charge in [-0.1, -0.05) is 23.2 Å². The van der Waals surface area contributed by atoms with Crippen molar-refractivity contribution < 1.29 is 14.3 Å². The van der Waals surface area contributed by atoms with Crippen molar-refractivity contribution in [3.63, 3.8) is 0 Å². The second-order valence-electron chi connectivity index (χ2n) is 5.85. The van der Waals surface area contributed by atoms with Crippen molar-refractivity contribution in [2.24, 2.45) is 0 Å². The summed E-state index contributed by atoms with van der Waals surface area (Å²) in [6, 6.07) is 8.83. The fraction of sp³-hybridized carbons (Fsp3) is 0.333. The minimum atomic E-state index is -0.0981. The van der Waals surface area contributed by atoms with E-state index < -0.39 is 0 Å². The van der Waals surface area contributed by atoms with E-state index in [1.165, 1.54) is 12.1 Å². The Labute approximate surface area is 162 Å². The van der Waals surface area contributed by atoms with E-state index >= 15 is 0 Å². The third-order valence-electron chi connectivity index (χ3n) is 4.28. The fourth-order valence-corrected chi connectivity index (χ4v) is 3.37. The number of carbonyl (C=O) groups excluding carboxylic acids is 1. The molecule has 1 saturated heterocycles. The number of hydrogen-bond acceptors (Lipinski definition) is 5. The monoisotopic (exact) mass is 395 g/mol. The van der Waals surface area contributed by atoms with E-state index in [1.54, 1.807) is 19.1 Å². The zero-order valence-corrected chi connectivity index (χ0v) is 16.0. The Balaban J connectivity index is 1.70. The SMILES string of the molecule is COc1cc(OC)cc(N2CCN(C(=O)c3cc(Cl)nc(Cl)c3)CC2)c1. The summed E-state index contributed by atoms with van der Waals surface area (Å²) in [5.74, 6) is 1.37. The highest BCUT2D eigenvalue weighted by molar-refractivity contribution is 6.33. The number of hydrogen-bond donors (Lipinski definition) is 0. The first-order chi connectivity index (χ1) is 12.5. The van der Waals surface area contributed by atoms with E-state index in [0.717, 1.165) is 17.2 Å². The second-order valence-corrected chi connectivity index (χ2v) is 6.63. The van der Waals surface area contributed by atoms with Crippen molar-refractivity contribution >= 4 is 34.8 Å². The Kier molecular flexibility index (Phi) is 5.74. The fourth-order valence-electron chi connectivity index (χ4n) is 2.91. The van der Waals surface area contributed by atoms with Gasteiger partial charge >= 0.3 is 0 Å². The van der Waals surface area contributed by atoms with E-state index in [1.807, 2.05) is 18.2 Å². The standard InChI is InChI=1S/C18H19Cl2N3O3/c1-25-14-9-13(10-15(11-14)26-2)22-3-5-23(6-4-22)18(24)12-7-16(19)21-17(20)8-12/h7-11H,3-6H2,1-2H3. The van der Waals surface area contributed by atoms with Crippen LogP contribution in [0.15, 0.2) is 30.3 Å². The van der Waals surface area contributed by atoms with Gasteiger partial charge in [-0.3, -0.25) is 4.79 Å². The van der Waals surface area contributed by atoms with Crippen LogP contribution in [0.1, 0.15) is 10.4 Å². The average molecular weight is 396 g/mol. The topological polar surface area (TPSA) is 54.9 Å². The Hall–Kier alpha value is -2.18. The highest BCUT2D eigenvalue weighted by atomic mass is 35.5. The van der Waals surface area contributed by atoms with Gasteiger partial charge < -0.3 is 19.3 Å². The lowest BCUT2D eigenvalue weighted by Gasteiger charge is -2.36. The number of benzene rings is 1. The first kappa shape index (κ1) is 18.6. The Morgan fingerprint density at radius 2 is 1.46 bits per heavy atom. The van der Waals surface area contributed by atoms with Crippen LogP contribution in [0, 0.1) is 0 Å². The zero-order chi connectivity index (χ0) is 18.7. The predicted octanol–water partition coefficient (Wildman–Crippen LogP) is 3.37. The first-order valence-corrected chi connectivity index (χ1v) is 8.86. The maximum Gasteiger partial charge on any atom is 0.254 e. The quantitative estimate of drug-likeness (QED) is 0.742. The molecule has 0 atom stereocenters. The van der Waals surface area contributed by atoms with E-state index in [2.05, 4.69) is 9.88 Å². The van der Waals surface area contributed by atoms with Gasteiger partial charge in [-0.05, 0) is 12.1 Å². The lowest BCUT2D eigenvalue weighted by Crippen LogP contribution is -2.48. The summed E-state index contributed by atoms with van der Waals surface area (Å²) < 4.78 is 10.7. The van der Waals surface area contributed by atoms with Crippen LogP contribution in [0.2, 0.25) is 10.3 Å². The molecule has 138 valence electrons. The summed E-state index contributed by atoms with van der Waals surface area (Å²) >= 11 is 11.8. The lowest BCUT2D eigenvalue weighted by molar-refractivity contribution is 0.0746. The van der Waals surface area contributed by atoms with E-state index in [0.29, 0.717) is 31.7 Å². The summed E-state index contributed by atoms with van der Waals surface area (Å²) in [5.41, 5.74) is 1.45. The molecule has 1 fully saturated rings. The van der Waals surface area contributed by atoms with Crippen LogP contribution in [0.4, 0.5) is 5.69 Å². The van der Waals surface area contributed by atoms with E-state index in [-0.39, 0.29) is 16.2 Å². The number of rotatable bonds is 4. The van der Waals surface area contributed by atoms with Gasteiger partial charge in [0, 0.05) is 55.6 Å². The number of pyridine rings is 1. The smallest absolute Gasteiger partial charge is 0.254 e. The largest absolute Gasteiger partial charge is 0.497 e. The van der Waals surface area contributed by atoms with Crippen molar-refractivity contribution in [3.05, 3.63) is 46.2 Å². The number of nitrogens with zero attached hydrogens (tertiary/aromatic N) is 3. The summed E-state index contributed by atoms with van der Waals surface area (Å²) in [6.07, 6.45) is 0. The molecular formula is C18H19Cl2N3O3. The lowest BCUT2D eigenvalue weighted by atomic mass is 10.2. The van der Waals surface area contributed by atoms with Gasteiger partial charge in [0.2, 0.25) is 0 Å². The van der Waals surface area contributed by atoms with Gasteiger partial charge in [-0.2, -0.15) is 0 Å². The summed E-state index contributed by atoms with van der Waals surface area (Å²) in [5, 5.41) is 0.422. The molecule has 0 bridgehead atoms. The molecule has 2 heterocycles. The molecule has 1 aliphatic rings. The minimum Gasteiger partial charge on any atom is -0.497 e. The van der Waals surface area contributed by atoms with Crippen molar-refractivity contribution in [2.75, 3.05) is 45.3 Å². The number of carbonyl (C=O) groups is 1. The number of anilines is 1. The van der Waals surface area contributed by atoms with Gasteiger partial charge in [0.25, 0.3) is 5.91 Å². The molecule has 0 aliphatic carbocycles. The summed E-state index contributed by atoms with van der Waals surface area (Å²) in [4.78, 5) is 20.5. The van der Waals surface area contributed by atoms with Crippen molar-refractivity contribution in [2.45, 2.75) is 0 Å². The molecule has 6 nitrogen and oxygen atoms in total. The van der Waals surface area contributed by atoms with Crippen LogP contribution in [0.3, 0.4) is 0 Å². The Morgan fingerprint density at radius 3 is 1.96 bits per heavy atom. The van der Waals surface area contributed by atoms with Gasteiger partial charge in [-0.25, -0.2) is 4.98 Å². The second kappa shape index (κ2) is 8.01. The van der Waals surface area contributed by atoms with Crippen molar-refractivity contribution in [1.82, 2.24) is 9.88 Å². The third-order valence-corrected chi connectivity index (χ3v) is 4.67. The molecule has 1 amide bonds. The van der Waals surface area contributed by atoms with Crippen LogP contribution in [-0.2, 0) is 0 Å². The van der Waals surface area contributed by atoms with Crippen molar-refractivity contribution in [3.8, 4) is 11.5 Å². The van der Waals surface area contributed by atoms with Gasteiger partial charge in [0.15, 0.2) is 0 Å². The molecule has 1 aliphatic heterocycles. The Bertz CT molecular complexity index is 766. The number of piperazine rings is 1. The van der Waals surface area contributed by atoms with Crippen LogP contribution >= 0.6 is 23.2 Å². The minimum absolute atomic E-state index is 0.0981. The molecule has 0 N–H and O–H groups in total. The number of amides is 1. The normalized spacial score (nSPS) is 14.3. The van der Waals surface area contributed by atoms with Gasteiger partial charge in [-0.15, -0.1) is 0 Å². The number of ether oxygens (including phenoxy) is 2. The number of aromatic nitrogens is 1. The summed E-state index contributed by atoms with van der Waals surface area (Å²) in [6.45, 7) is 2.59. The number of halogens is 2. The predicted molar refractivity (Wildman–Crippen MR) is 102 cm³/mol. The molecular weight excluding hydrogens is 377 g/mol. The highest BCUT2D eigenvalue weighted by Crippen LogP contribution is 2.29. The molecule has 0 radical (unpaired) electrons. The van der Waals surface area contributed by atoms with E-state index in [9.17, 15) is 4.79 Å². The van der Waals surface area contributed by atoms with E-state index in [4.69, 9.17) is 32.7 Å². The molecule has 0 saturated carbocycles. The van der Waals surface area contributed by atoms with Gasteiger partial charge in [0.05, 0.1) is 14.2 Å². The molecule has 0 unspecified atom stereocenters. The van der Waals surface area contributed by atoms with Gasteiger partial charge in [0.1, 0.15) is 21.8 Å². The van der Waals surface area contributed by atoms with Crippen LogP contribution in [0.25, 0.3) is 0 Å². The van der Waals surface area contributed by atoms with Crippen LogP contribution < -0.4 is 14.4 Å². The zero-order valence-electron chi connectivity index (χ0n) is 14.5. The van der Waals surface area contributed by atoms with Crippen molar-refractivity contribution in [1.29, 1.82) is 0 Å². The maximum atomic E-state index is 12.7. The third kappa shape index (κ3) is 4.14. The molecule has 26 heavy (non-hydrogen) atoms. The van der Waals surface area contributed by atoms with Crippen LogP contribution in [-0.4, -0.2) is 56.2 Å². The summed E-state index contributed by atoms with van der Waals surface area (Å²) in [7, 11) is 3.25. The highest BCUT2D eigenvalue weighted by Gasteiger charge is 2.23. The Morgan fingerprint density at radius 1 is 0.923 bits per heavy atom. The molecule has 3 rings (SSSR count). The molecule has 1 aromatic heterocycles. The molecule has 1 aromatic carbocycles.